The summed E-state index contributed by atoms with van der Waals surface area (Å²) >= 11 is 5.93. The number of benzene rings is 1. The summed E-state index contributed by atoms with van der Waals surface area (Å²) in [5, 5.41) is 6.86. The maximum absolute atomic E-state index is 5.93. The predicted molar refractivity (Wildman–Crippen MR) is 69.8 cm³/mol. The first-order valence-electron chi connectivity index (χ1n) is 4.97. The fraction of sp³-hybridized carbons (Fsp3) is 0.250. The van der Waals surface area contributed by atoms with Gasteiger partial charge in [0.05, 0.1) is 0 Å². The van der Waals surface area contributed by atoms with Crippen molar-refractivity contribution in [2.24, 2.45) is 4.99 Å². The molecule has 0 spiro atoms. The zero-order valence-corrected chi connectivity index (χ0v) is 10.1. The molecule has 16 heavy (non-hydrogen) atoms. The number of guanidine groups is 1. The molecule has 0 amide bonds. The van der Waals surface area contributed by atoms with Gasteiger partial charge in [-0.3, -0.25) is 0 Å². The lowest BCUT2D eigenvalue weighted by Crippen LogP contribution is -2.30. The van der Waals surface area contributed by atoms with E-state index in [1.54, 1.807) is 0 Å². The summed E-state index contributed by atoms with van der Waals surface area (Å²) in [6.45, 7) is 4.67. The lowest BCUT2D eigenvalue weighted by atomic mass is 10.2. The summed E-state index contributed by atoms with van der Waals surface area (Å²) in [6.07, 6.45) is 5.13. The molecule has 0 aliphatic carbocycles. The molecule has 0 aliphatic heterocycles. The van der Waals surface area contributed by atoms with Gasteiger partial charge in [-0.1, -0.05) is 18.0 Å². The molecule has 0 saturated heterocycles. The maximum Gasteiger partial charge on any atom is 0.209 e. The van der Waals surface area contributed by atoms with Gasteiger partial charge in [-0.2, -0.15) is 4.99 Å². The first-order chi connectivity index (χ1) is 7.67. The molecule has 84 valence electrons. The molecule has 0 aliphatic rings. The summed E-state index contributed by atoms with van der Waals surface area (Å²) in [4.78, 5) is 3.85. The van der Waals surface area contributed by atoms with Crippen molar-refractivity contribution in [1.29, 1.82) is 0 Å². The molecule has 0 unspecified atom stereocenters. The molecule has 0 atom stereocenters. The van der Waals surface area contributed by atoms with Gasteiger partial charge in [-0.05, 0) is 37.6 Å². The summed E-state index contributed by atoms with van der Waals surface area (Å²) in [5.41, 5.74) is 1.90. The number of aliphatic imine (C=N–C) groups is 1. The molecule has 0 saturated carbocycles. The van der Waals surface area contributed by atoms with E-state index in [0.717, 1.165) is 22.8 Å². The number of hydrogen-bond donors (Lipinski definition) is 2. The number of nitrogens with one attached hydrogen (secondary N) is 2. The highest BCUT2D eigenvalue weighted by molar-refractivity contribution is 6.31. The highest BCUT2D eigenvalue weighted by Crippen LogP contribution is 2.19. The van der Waals surface area contributed by atoms with Crippen LogP contribution in [0, 0.1) is 19.4 Å². The summed E-state index contributed by atoms with van der Waals surface area (Å²) < 4.78 is 0. The molecule has 0 bridgehead atoms. The van der Waals surface area contributed by atoms with Crippen molar-refractivity contribution in [3.05, 3.63) is 28.8 Å². The van der Waals surface area contributed by atoms with Crippen LogP contribution in [0.4, 0.5) is 5.69 Å². The monoisotopic (exact) mass is 235 g/mol. The molecule has 0 aromatic heterocycles. The van der Waals surface area contributed by atoms with Gasteiger partial charge in [0.25, 0.3) is 0 Å². The Hall–Kier alpha value is -1.66. The second kappa shape index (κ2) is 6.04. The van der Waals surface area contributed by atoms with Crippen LogP contribution in [0.2, 0.25) is 5.02 Å². The zero-order valence-electron chi connectivity index (χ0n) is 9.34. The highest BCUT2D eigenvalue weighted by atomic mass is 35.5. The number of anilines is 1. The van der Waals surface area contributed by atoms with Gasteiger partial charge in [-0.15, -0.1) is 0 Å². The van der Waals surface area contributed by atoms with Gasteiger partial charge in [0, 0.05) is 23.3 Å². The van der Waals surface area contributed by atoms with Gasteiger partial charge in [0.2, 0.25) is 5.96 Å². The normalized spacial score (nSPS) is 10.8. The first-order valence-corrected chi connectivity index (χ1v) is 5.35. The van der Waals surface area contributed by atoms with Crippen LogP contribution in [-0.4, -0.2) is 12.5 Å². The minimum Gasteiger partial charge on any atom is -0.356 e. The molecule has 1 aromatic carbocycles. The van der Waals surface area contributed by atoms with Crippen molar-refractivity contribution in [3.63, 3.8) is 0 Å². The van der Waals surface area contributed by atoms with Gasteiger partial charge < -0.3 is 10.6 Å². The Morgan fingerprint density at radius 2 is 2.31 bits per heavy atom. The van der Waals surface area contributed by atoms with Crippen molar-refractivity contribution in [2.45, 2.75) is 13.8 Å². The van der Waals surface area contributed by atoms with Crippen LogP contribution in [0.3, 0.4) is 0 Å². The van der Waals surface area contributed by atoms with Gasteiger partial charge in [-0.25, -0.2) is 0 Å². The lowest BCUT2D eigenvalue weighted by Gasteiger charge is -2.10. The fourth-order valence-corrected chi connectivity index (χ4v) is 1.32. The molecular weight excluding hydrogens is 222 g/mol. The van der Waals surface area contributed by atoms with E-state index in [-0.39, 0.29) is 0 Å². The smallest absolute Gasteiger partial charge is 0.209 e. The molecule has 2 N–H and O–H groups in total. The minimum atomic E-state index is 0.562. The minimum absolute atomic E-state index is 0.562. The Labute approximate surface area is 101 Å². The first kappa shape index (κ1) is 12.4. The largest absolute Gasteiger partial charge is 0.356 e. The number of terminal acetylenes is 1. The van der Waals surface area contributed by atoms with Crippen molar-refractivity contribution in [1.82, 2.24) is 5.32 Å². The third kappa shape index (κ3) is 3.48. The standard InChI is InChI=1S/C12H14ClN3/c1-4-14-12(15-5-2)16-10-6-7-11(13)9(3)8-10/h1,6-8H,5H2,2-3H3,(H2,14,15,16). The SMILES string of the molecule is C#CN=C(NCC)Nc1ccc(Cl)c(C)c1. The second-order valence-electron chi connectivity index (χ2n) is 3.21. The number of nitrogens with zero attached hydrogens (tertiary/aromatic N) is 1. The molecule has 1 rings (SSSR count). The van der Waals surface area contributed by atoms with Crippen LogP contribution in [0.25, 0.3) is 0 Å². The highest BCUT2D eigenvalue weighted by Gasteiger charge is 2.00. The molecule has 1 aromatic rings. The Balaban J connectivity index is 2.82. The van der Waals surface area contributed by atoms with E-state index < -0.39 is 0 Å². The predicted octanol–water partition coefficient (Wildman–Crippen LogP) is 2.62. The molecule has 3 nitrogen and oxygen atoms in total. The fourth-order valence-electron chi connectivity index (χ4n) is 1.20. The second-order valence-corrected chi connectivity index (χ2v) is 3.62. The molecule has 0 heterocycles. The van der Waals surface area contributed by atoms with E-state index in [9.17, 15) is 0 Å². The number of rotatable bonds is 2. The van der Waals surface area contributed by atoms with Gasteiger partial charge in [0.1, 0.15) is 0 Å². The topological polar surface area (TPSA) is 36.4 Å². The van der Waals surface area contributed by atoms with Gasteiger partial charge in [0.15, 0.2) is 0 Å². The number of hydrogen-bond acceptors (Lipinski definition) is 1. The van der Waals surface area contributed by atoms with Gasteiger partial charge >= 0.3 is 0 Å². The van der Waals surface area contributed by atoms with E-state index in [4.69, 9.17) is 18.0 Å². The summed E-state index contributed by atoms with van der Waals surface area (Å²) in [6, 6.07) is 7.88. The van der Waals surface area contributed by atoms with Crippen LogP contribution in [0.15, 0.2) is 23.2 Å². The number of halogens is 1. The number of aryl methyl sites for hydroxylation is 1. The summed E-state index contributed by atoms with van der Waals surface area (Å²) in [5.74, 6) is 0.562. The lowest BCUT2D eigenvalue weighted by molar-refractivity contribution is 0.963. The third-order valence-electron chi connectivity index (χ3n) is 1.94. The van der Waals surface area contributed by atoms with Crippen molar-refractivity contribution in [2.75, 3.05) is 11.9 Å². The Morgan fingerprint density at radius 3 is 2.88 bits per heavy atom. The van der Waals surface area contributed by atoms with Crippen LogP contribution >= 0.6 is 11.6 Å². The van der Waals surface area contributed by atoms with Crippen molar-refractivity contribution < 1.29 is 0 Å². The van der Waals surface area contributed by atoms with Crippen molar-refractivity contribution in [3.8, 4) is 12.5 Å². The molecular formula is C12H14ClN3. The van der Waals surface area contributed by atoms with E-state index in [0.29, 0.717) is 5.96 Å². The van der Waals surface area contributed by atoms with E-state index in [1.807, 2.05) is 32.0 Å². The quantitative estimate of drug-likeness (QED) is 0.470. The average molecular weight is 236 g/mol. The van der Waals surface area contributed by atoms with E-state index >= 15 is 0 Å². The van der Waals surface area contributed by atoms with Crippen LogP contribution in [0.5, 0.6) is 0 Å². The van der Waals surface area contributed by atoms with E-state index in [1.165, 1.54) is 0 Å². The Bertz CT molecular complexity index is 432. The van der Waals surface area contributed by atoms with Crippen LogP contribution in [-0.2, 0) is 0 Å². The molecule has 0 fully saturated rings. The Kier molecular flexibility index (Phi) is 4.68. The van der Waals surface area contributed by atoms with Crippen LogP contribution < -0.4 is 10.6 Å². The third-order valence-corrected chi connectivity index (χ3v) is 2.37. The summed E-state index contributed by atoms with van der Waals surface area (Å²) in [7, 11) is 0. The van der Waals surface area contributed by atoms with Crippen LogP contribution in [0.1, 0.15) is 12.5 Å². The molecule has 0 radical (unpaired) electrons. The Morgan fingerprint density at radius 1 is 1.56 bits per heavy atom. The van der Waals surface area contributed by atoms with E-state index in [2.05, 4.69) is 21.7 Å². The zero-order chi connectivity index (χ0) is 12.0. The average Bonchev–Trinajstić information content (AvgIpc) is 2.24. The maximum atomic E-state index is 5.93. The van der Waals surface area contributed by atoms with Crippen molar-refractivity contribution >= 4 is 23.2 Å². The molecule has 4 heteroatoms.